The van der Waals surface area contributed by atoms with Gasteiger partial charge in [0.2, 0.25) is 0 Å². The van der Waals surface area contributed by atoms with Crippen molar-refractivity contribution in [3.05, 3.63) is 20.8 Å². The summed E-state index contributed by atoms with van der Waals surface area (Å²) >= 11 is 2.83. The van der Waals surface area contributed by atoms with Crippen LogP contribution in [0.4, 0.5) is 0 Å². The molecule has 7 heteroatoms. The Morgan fingerprint density at radius 2 is 2.21 bits per heavy atom. The number of aryl methyl sites for hydroxylation is 1. The Kier molecular flexibility index (Phi) is 4.75. The van der Waals surface area contributed by atoms with Gasteiger partial charge < -0.3 is 9.72 Å². The summed E-state index contributed by atoms with van der Waals surface area (Å²) in [5.41, 5.74) is 1.35. The topological polar surface area (TPSA) is 72.0 Å². The van der Waals surface area contributed by atoms with Crippen LogP contribution in [-0.4, -0.2) is 28.8 Å². The lowest BCUT2D eigenvalue weighted by molar-refractivity contribution is -0.137. The Balaban J connectivity index is 1.93. The molecular weight excluding hydrogens is 344 g/mol. The molecular formula is C17H22N2O3S2. The minimum atomic E-state index is -0.332. The quantitative estimate of drug-likeness (QED) is 0.512. The first-order valence-electron chi connectivity index (χ1n) is 8.03. The highest BCUT2D eigenvalue weighted by Crippen LogP contribution is 2.42. The molecule has 1 aliphatic carbocycles. The molecule has 0 saturated heterocycles. The normalized spacial score (nSPS) is 17.8. The fourth-order valence-electron chi connectivity index (χ4n) is 3.16. The van der Waals surface area contributed by atoms with E-state index < -0.39 is 0 Å². The summed E-state index contributed by atoms with van der Waals surface area (Å²) < 4.78 is 4.62. The Labute approximate surface area is 149 Å². The molecule has 0 fully saturated rings. The number of aromatic amines is 1. The summed E-state index contributed by atoms with van der Waals surface area (Å²) in [5, 5.41) is 1.22. The van der Waals surface area contributed by atoms with E-state index >= 15 is 0 Å². The van der Waals surface area contributed by atoms with Crippen LogP contribution in [0.2, 0.25) is 0 Å². The van der Waals surface area contributed by atoms with Crippen LogP contribution in [0.1, 0.15) is 37.6 Å². The summed E-state index contributed by atoms with van der Waals surface area (Å²) in [5.74, 6) is 0.439. The molecule has 0 aliphatic heterocycles. The molecule has 0 aromatic carbocycles. The second-order valence-electron chi connectivity index (χ2n) is 7.23. The number of thioether (sulfide) groups is 1. The first-order valence-corrected chi connectivity index (χ1v) is 9.84. The average Bonchev–Trinajstić information content (AvgIpc) is 2.89. The molecule has 0 unspecified atom stereocenters. The third-order valence-corrected chi connectivity index (χ3v) is 6.67. The van der Waals surface area contributed by atoms with Crippen molar-refractivity contribution >= 4 is 39.3 Å². The summed E-state index contributed by atoms with van der Waals surface area (Å²) in [6.45, 7) is 6.84. The van der Waals surface area contributed by atoms with E-state index in [9.17, 15) is 9.59 Å². The van der Waals surface area contributed by atoms with Crippen LogP contribution in [-0.2, 0) is 22.4 Å². The number of rotatable bonds is 3. The second kappa shape index (κ2) is 6.52. The van der Waals surface area contributed by atoms with E-state index in [1.165, 1.54) is 29.3 Å². The molecule has 1 aliphatic rings. The van der Waals surface area contributed by atoms with Crippen molar-refractivity contribution in [2.45, 2.75) is 45.2 Å². The van der Waals surface area contributed by atoms with Gasteiger partial charge in [-0.1, -0.05) is 32.5 Å². The van der Waals surface area contributed by atoms with Crippen molar-refractivity contribution in [1.82, 2.24) is 9.97 Å². The van der Waals surface area contributed by atoms with Gasteiger partial charge >= 0.3 is 5.97 Å². The van der Waals surface area contributed by atoms with Gasteiger partial charge in [0.1, 0.15) is 4.83 Å². The van der Waals surface area contributed by atoms with Crippen molar-refractivity contribution in [2.24, 2.45) is 11.3 Å². The molecule has 0 amide bonds. The Morgan fingerprint density at radius 1 is 1.46 bits per heavy atom. The largest absolute Gasteiger partial charge is 0.468 e. The molecule has 0 spiro atoms. The summed E-state index contributed by atoms with van der Waals surface area (Å²) in [6.07, 6.45) is 3.07. The first kappa shape index (κ1) is 17.5. The lowest BCUT2D eigenvalue weighted by atomic mass is 9.72. The molecule has 2 aromatic rings. The van der Waals surface area contributed by atoms with Gasteiger partial charge in [-0.2, -0.15) is 0 Å². The zero-order chi connectivity index (χ0) is 17.5. The van der Waals surface area contributed by atoms with Gasteiger partial charge in [-0.05, 0) is 36.2 Å². The minimum absolute atomic E-state index is 0.0981. The standard InChI is InChI=1S/C17H22N2O3S2/c1-17(2,3)9-5-6-10-11(7-9)24-15-13(10)14(21)18-16(19-15)23-8-12(20)22-4/h9H,5-8H2,1-4H3,(H,18,19,21)/t9-/m0/s1. The van der Waals surface area contributed by atoms with E-state index in [0.717, 1.165) is 29.5 Å². The first-order chi connectivity index (χ1) is 11.3. The average molecular weight is 367 g/mol. The number of aromatic nitrogens is 2. The number of nitrogens with zero attached hydrogens (tertiary/aromatic N) is 1. The zero-order valence-electron chi connectivity index (χ0n) is 14.4. The van der Waals surface area contributed by atoms with Crippen LogP contribution in [0, 0.1) is 11.3 Å². The van der Waals surface area contributed by atoms with Gasteiger partial charge in [0.15, 0.2) is 5.16 Å². The van der Waals surface area contributed by atoms with Crippen LogP contribution in [0.5, 0.6) is 0 Å². The van der Waals surface area contributed by atoms with E-state index in [1.807, 2.05) is 0 Å². The predicted octanol–water partition coefficient (Wildman–Crippen LogP) is 3.40. The number of carbonyl (C=O) groups excluding carboxylic acids is 1. The summed E-state index contributed by atoms with van der Waals surface area (Å²) in [7, 11) is 1.35. The van der Waals surface area contributed by atoms with Crippen molar-refractivity contribution in [3.63, 3.8) is 0 Å². The number of hydrogen-bond donors (Lipinski definition) is 1. The lowest BCUT2D eigenvalue weighted by Crippen LogP contribution is -2.26. The van der Waals surface area contributed by atoms with E-state index in [0.29, 0.717) is 11.1 Å². The molecule has 0 bridgehead atoms. The molecule has 24 heavy (non-hydrogen) atoms. The molecule has 2 aromatic heterocycles. The fourth-order valence-corrected chi connectivity index (χ4v) is 5.21. The maximum atomic E-state index is 12.5. The molecule has 130 valence electrons. The number of carbonyl (C=O) groups is 1. The number of thiophene rings is 1. The number of H-pyrrole nitrogens is 1. The molecule has 2 heterocycles. The fraction of sp³-hybridized carbons (Fsp3) is 0.588. The minimum Gasteiger partial charge on any atom is -0.468 e. The van der Waals surface area contributed by atoms with Gasteiger partial charge in [-0.25, -0.2) is 4.98 Å². The third kappa shape index (κ3) is 3.37. The monoisotopic (exact) mass is 366 g/mol. The van der Waals surface area contributed by atoms with E-state index in [2.05, 4.69) is 35.5 Å². The van der Waals surface area contributed by atoms with Gasteiger partial charge in [-0.3, -0.25) is 9.59 Å². The van der Waals surface area contributed by atoms with Crippen molar-refractivity contribution in [3.8, 4) is 0 Å². The molecule has 5 nitrogen and oxygen atoms in total. The Morgan fingerprint density at radius 3 is 2.88 bits per heavy atom. The van der Waals surface area contributed by atoms with Gasteiger partial charge in [0, 0.05) is 4.88 Å². The number of methoxy groups -OCH3 is 1. The number of ether oxygens (including phenoxy) is 1. The highest BCUT2D eigenvalue weighted by Gasteiger charge is 2.31. The van der Waals surface area contributed by atoms with Crippen LogP contribution >= 0.6 is 23.1 Å². The molecule has 1 N–H and O–H groups in total. The van der Waals surface area contributed by atoms with Crippen LogP contribution < -0.4 is 5.56 Å². The number of esters is 1. The zero-order valence-corrected chi connectivity index (χ0v) is 16.0. The maximum absolute atomic E-state index is 12.5. The summed E-state index contributed by atoms with van der Waals surface area (Å²) in [4.78, 5) is 33.2. The van der Waals surface area contributed by atoms with Gasteiger partial charge in [0.05, 0.1) is 18.2 Å². The van der Waals surface area contributed by atoms with Crippen molar-refractivity contribution in [1.29, 1.82) is 0 Å². The second-order valence-corrected chi connectivity index (χ2v) is 9.27. The predicted molar refractivity (Wildman–Crippen MR) is 98.0 cm³/mol. The highest BCUT2D eigenvalue weighted by atomic mass is 32.2. The van der Waals surface area contributed by atoms with E-state index in [1.54, 1.807) is 11.3 Å². The number of hydrogen-bond acceptors (Lipinski definition) is 6. The van der Waals surface area contributed by atoms with E-state index in [-0.39, 0.29) is 22.7 Å². The molecule has 1 atom stereocenters. The Bertz CT molecular complexity index is 833. The lowest BCUT2D eigenvalue weighted by Gasteiger charge is -2.33. The van der Waals surface area contributed by atoms with Crippen LogP contribution in [0.3, 0.4) is 0 Å². The van der Waals surface area contributed by atoms with Crippen LogP contribution in [0.25, 0.3) is 10.2 Å². The van der Waals surface area contributed by atoms with Crippen molar-refractivity contribution < 1.29 is 9.53 Å². The van der Waals surface area contributed by atoms with E-state index in [4.69, 9.17) is 0 Å². The molecule has 0 saturated carbocycles. The SMILES string of the molecule is COC(=O)CSc1nc2sc3c(c2c(=O)[nH]1)CC[C@H](C(C)(C)C)C3. The maximum Gasteiger partial charge on any atom is 0.316 e. The van der Waals surface area contributed by atoms with Crippen molar-refractivity contribution in [2.75, 3.05) is 12.9 Å². The molecule has 0 radical (unpaired) electrons. The molecule has 3 rings (SSSR count). The van der Waals surface area contributed by atoms with Gasteiger partial charge in [0.25, 0.3) is 5.56 Å². The van der Waals surface area contributed by atoms with Gasteiger partial charge in [-0.15, -0.1) is 11.3 Å². The third-order valence-electron chi connectivity index (χ3n) is 4.68. The number of fused-ring (bicyclic) bond motifs is 3. The highest BCUT2D eigenvalue weighted by molar-refractivity contribution is 7.99. The van der Waals surface area contributed by atoms with Crippen LogP contribution in [0.15, 0.2) is 9.95 Å². The number of nitrogens with one attached hydrogen (secondary N) is 1. The Hall–Kier alpha value is -1.34. The smallest absolute Gasteiger partial charge is 0.316 e. The summed E-state index contributed by atoms with van der Waals surface area (Å²) in [6, 6.07) is 0.